The zero-order valence-corrected chi connectivity index (χ0v) is 10.6. The fourth-order valence-corrected chi connectivity index (χ4v) is 1.88. The maximum absolute atomic E-state index is 11.8. The van der Waals surface area contributed by atoms with Gasteiger partial charge in [-0.2, -0.15) is 11.8 Å². The molecule has 16 heavy (non-hydrogen) atoms. The number of aromatic nitrogens is 1. The van der Waals surface area contributed by atoms with Crippen LogP contribution in [0.1, 0.15) is 17.4 Å². The molecule has 0 aliphatic heterocycles. The molecule has 1 unspecified atom stereocenters. The van der Waals surface area contributed by atoms with Gasteiger partial charge in [0, 0.05) is 30.7 Å². The zero-order chi connectivity index (χ0) is 12.0. The number of hydrogen-bond donors (Lipinski definition) is 2. The Morgan fingerprint density at radius 1 is 1.62 bits per heavy atom. The predicted octanol–water partition coefficient (Wildman–Crippen LogP) is 1.60. The molecular weight excluding hydrogens is 222 g/mol. The lowest BCUT2D eigenvalue weighted by Crippen LogP contribution is -2.34. The average Bonchev–Trinajstić information content (AvgIpc) is 2.29. The topological polar surface area (TPSA) is 54.0 Å². The highest BCUT2D eigenvalue weighted by atomic mass is 32.2. The SMILES string of the molecule is CNc1ccnc(C(=O)NC(C)CSC)c1. The van der Waals surface area contributed by atoms with Gasteiger partial charge in [-0.25, -0.2) is 0 Å². The summed E-state index contributed by atoms with van der Waals surface area (Å²) in [4.78, 5) is 15.8. The number of nitrogens with one attached hydrogen (secondary N) is 2. The largest absolute Gasteiger partial charge is 0.388 e. The highest BCUT2D eigenvalue weighted by molar-refractivity contribution is 7.98. The molecule has 0 radical (unpaired) electrons. The summed E-state index contributed by atoms with van der Waals surface area (Å²) in [5.74, 6) is 0.774. The standard InChI is InChI=1S/C11H17N3OS/c1-8(7-16-3)14-11(15)10-6-9(12-2)4-5-13-10/h4-6,8H,7H2,1-3H3,(H,12,13)(H,14,15). The van der Waals surface area contributed by atoms with Gasteiger partial charge in [0.1, 0.15) is 5.69 Å². The van der Waals surface area contributed by atoms with E-state index in [1.54, 1.807) is 24.0 Å². The number of thioether (sulfide) groups is 1. The Morgan fingerprint density at radius 3 is 3.00 bits per heavy atom. The molecule has 0 fully saturated rings. The van der Waals surface area contributed by atoms with E-state index in [-0.39, 0.29) is 11.9 Å². The zero-order valence-electron chi connectivity index (χ0n) is 9.78. The van der Waals surface area contributed by atoms with Crippen molar-refractivity contribution >= 4 is 23.4 Å². The van der Waals surface area contributed by atoms with Gasteiger partial charge in [0.2, 0.25) is 0 Å². The lowest BCUT2D eigenvalue weighted by Gasteiger charge is -2.12. The van der Waals surface area contributed by atoms with Crippen LogP contribution in [0.25, 0.3) is 0 Å². The van der Waals surface area contributed by atoms with E-state index >= 15 is 0 Å². The van der Waals surface area contributed by atoms with Crippen LogP contribution in [0.15, 0.2) is 18.3 Å². The van der Waals surface area contributed by atoms with Crippen molar-refractivity contribution < 1.29 is 4.79 Å². The Balaban J connectivity index is 2.65. The third-order valence-electron chi connectivity index (χ3n) is 2.08. The fraction of sp³-hybridized carbons (Fsp3) is 0.455. The molecule has 0 aliphatic rings. The molecule has 1 amide bonds. The molecule has 5 heteroatoms. The quantitative estimate of drug-likeness (QED) is 0.819. The second-order valence-corrected chi connectivity index (χ2v) is 4.42. The summed E-state index contributed by atoms with van der Waals surface area (Å²) in [6.07, 6.45) is 3.64. The van der Waals surface area contributed by atoms with Crippen molar-refractivity contribution in [3.05, 3.63) is 24.0 Å². The van der Waals surface area contributed by atoms with Crippen LogP contribution in [-0.4, -0.2) is 36.0 Å². The van der Waals surface area contributed by atoms with Gasteiger partial charge in [0.25, 0.3) is 5.91 Å². The molecule has 1 rings (SSSR count). The van der Waals surface area contributed by atoms with Crippen LogP contribution in [0.2, 0.25) is 0 Å². The van der Waals surface area contributed by atoms with Gasteiger partial charge in [-0.05, 0) is 25.3 Å². The molecule has 4 nitrogen and oxygen atoms in total. The van der Waals surface area contributed by atoms with E-state index in [0.717, 1.165) is 11.4 Å². The number of anilines is 1. The van der Waals surface area contributed by atoms with Crippen LogP contribution in [0, 0.1) is 0 Å². The molecule has 0 saturated heterocycles. The molecule has 1 atom stereocenters. The van der Waals surface area contributed by atoms with E-state index in [2.05, 4.69) is 15.6 Å². The normalized spacial score (nSPS) is 11.9. The number of carbonyl (C=O) groups excluding carboxylic acids is 1. The van der Waals surface area contributed by atoms with Crippen LogP contribution in [0.3, 0.4) is 0 Å². The van der Waals surface area contributed by atoms with Crippen LogP contribution >= 0.6 is 11.8 Å². The Hall–Kier alpha value is -1.23. The highest BCUT2D eigenvalue weighted by Gasteiger charge is 2.10. The molecule has 1 aromatic heterocycles. The van der Waals surface area contributed by atoms with E-state index in [1.807, 2.05) is 26.3 Å². The maximum atomic E-state index is 11.8. The second-order valence-electron chi connectivity index (χ2n) is 3.51. The smallest absolute Gasteiger partial charge is 0.270 e. The van der Waals surface area contributed by atoms with E-state index in [9.17, 15) is 4.79 Å². The number of amides is 1. The van der Waals surface area contributed by atoms with E-state index < -0.39 is 0 Å². The molecule has 0 bridgehead atoms. The lowest BCUT2D eigenvalue weighted by atomic mass is 10.3. The Labute approximate surface area is 100 Å². The molecule has 0 spiro atoms. The Morgan fingerprint density at radius 2 is 2.38 bits per heavy atom. The maximum Gasteiger partial charge on any atom is 0.270 e. The van der Waals surface area contributed by atoms with Gasteiger partial charge in [-0.1, -0.05) is 0 Å². The second kappa shape index (κ2) is 6.37. The van der Waals surface area contributed by atoms with Crippen molar-refractivity contribution in [2.24, 2.45) is 0 Å². The number of pyridine rings is 1. The minimum absolute atomic E-state index is 0.126. The molecule has 0 saturated carbocycles. The molecule has 1 heterocycles. The first kappa shape index (κ1) is 12.8. The van der Waals surface area contributed by atoms with Crippen molar-refractivity contribution in [2.75, 3.05) is 24.4 Å². The van der Waals surface area contributed by atoms with Crippen molar-refractivity contribution in [3.8, 4) is 0 Å². The van der Waals surface area contributed by atoms with Gasteiger partial charge in [0.15, 0.2) is 0 Å². The van der Waals surface area contributed by atoms with Crippen molar-refractivity contribution in [2.45, 2.75) is 13.0 Å². The molecular formula is C11H17N3OS. The summed E-state index contributed by atoms with van der Waals surface area (Å²) in [5.41, 5.74) is 1.33. The van der Waals surface area contributed by atoms with E-state index in [4.69, 9.17) is 0 Å². The van der Waals surface area contributed by atoms with Crippen LogP contribution in [0.4, 0.5) is 5.69 Å². The molecule has 0 aromatic carbocycles. The van der Waals surface area contributed by atoms with Gasteiger partial charge in [-0.15, -0.1) is 0 Å². The summed E-state index contributed by atoms with van der Waals surface area (Å²) in [5, 5.41) is 5.87. The summed E-state index contributed by atoms with van der Waals surface area (Å²) in [7, 11) is 1.81. The van der Waals surface area contributed by atoms with Gasteiger partial charge >= 0.3 is 0 Å². The third-order valence-corrected chi connectivity index (χ3v) is 2.91. The first-order valence-electron chi connectivity index (χ1n) is 5.11. The van der Waals surface area contributed by atoms with E-state index in [0.29, 0.717) is 5.69 Å². The monoisotopic (exact) mass is 239 g/mol. The minimum atomic E-state index is -0.126. The first-order chi connectivity index (χ1) is 7.67. The molecule has 0 aliphatic carbocycles. The molecule has 1 aromatic rings. The van der Waals surface area contributed by atoms with Crippen LogP contribution in [0.5, 0.6) is 0 Å². The van der Waals surface area contributed by atoms with Crippen LogP contribution in [-0.2, 0) is 0 Å². The van der Waals surface area contributed by atoms with Crippen molar-refractivity contribution in [1.82, 2.24) is 10.3 Å². The van der Waals surface area contributed by atoms with Crippen LogP contribution < -0.4 is 10.6 Å². The Kier molecular flexibility index (Phi) is 5.11. The summed E-state index contributed by atoms with van der Waals surface area (Å²) >= 11 is 1.71. The number of nitrogens with zero attached hydrogens (tertiary/aromatic N) is 1. The highest BCUT2D eigenvalue weighted by Crippen LogP contribution is 2.07. The number of rotatable bonds is 5. The summed E-state index contributed by atoms with van der Waals surface area (Å²) < 4.78 is 0. The minimum Gasteiger partial charge on any atom is -0.388 e. The van der Waals surface area contributed by atoms with Crippen molar-refractivity contribution in [1.29, 1.82) is 0 Å². The molecule has 2 N–H and O–H groups in total. The van der Waals surface area contributed by atoms with Gasteiger partial charge in [0.05, 0.1) is 0 Å². The lowest BCUT2D eigenvalue weighted by molar-refractivity contribution is 0.0939. The average molecular weight is 239 g/mol. The van der Waals surface area contributed by atoms with Crippen molar-refractivity contribution in [3.63, 3.8) is 0 Å². The third kappa shape index (κ3) is 3.73. The number of carbonyl (C=O) groups is 1. The summed E-state index contributed by atoms with van der Waals surface area (Å²) in [6, 6.07) is 3.71. The number of hydrogen-bond acceptors (Lipinski definition) is 4. The summed E-state index contributed by atoms with van der Waals surface area (Å²) in [6.45, 7) is 1.98. The fourth-order valence-electron chi connectivity index (χ4n) is 1.30. The van der Waals surface area contributed by atoms with Gasteiger partial charge in [-0.3, -0.25) is 9.78 Å². The first-order valence-corrected chi connectivity index (χ1v) is 6.50. The van der Waals surface area contributed by atoms with E-state index in [1.165, 1.54) is 0 Å². The Bertz CT molecular complexity index is 357. The predicted molar refractivity (Wildman–Crippen MR) is 69.1 cm³/mol. The van der Waals surface area contributed by atoms with Gasteiger partial charge < -0.3 is 10.6 Å². The molecule has 88 valence electrons.